The lowest BCUT2D eigenvalue weighted by atomic mass is 10.1. The smallest absolute Gasteiger partial charge is 0.405 e. The number of para-hydroxylation sites is 1. The summed E-state index contributed by atoms with van der Waals surface area (Å²) in [6.07, 6.45) is -2.39. The molecule has 1 aromatic carbocycles. The first-order valence-corrected chi connectivity index (χ1v) is 6.08. The van der Waals surface area contributed by atoms with Gasteiger partial charge in [0.15, 0.2) is 0 Å². The number of hydrogen-bond acceptors (Lipinski definition) is 3. The predicted octanol–water partition coefficient (Wildman–Crippen LogP) is 3.44. The summed E-state index contributed by atoms with van der Waals surface area (Å²) in [7, 11) is 0. The molecular weight excluding hydrogens is 271 g/mol. The highest BCUT2D eigenvalue weighted by Crippen LogP contribution is 2.35. The van der Waals surface area contributed by atoms with Crippen molar-refractivity contribution in [3.8, 4) is 17.0 Å². The topological polar surface area (TPSA) is 53.1 Å². The van der Waals surface area contributed by atoms with Gasteiger partial charge in [0.1, 0.15) is 17.3 Å². The summed E-state index contributed by atoms with van der Waals surface area (Å²) in [5, 5.41) is 0. The van der Waals surface area contributed by atoms with Gasteiger partial charge in [-0.2, -0.15) is 0 Å². The third kappa shape index (κ3) is 3.04. The maximum atomic E-state index is 12.4. The van der Waals surface area contributed by atoms with E-state index in [1.54, 1.807) is 10.6 Å². The van der Waals surface area contributed by atoms with Crippen molar-refractivity contribution in [2.24, 2.45) is 0 Å². The van der Waals surface area contributed by atoms with Crippen molar-refractivity contribution < 1.29 is 17.9 Å². The van der Waals surface area contributed by atoms with Crippen LogP contribution in [-0.2, 0) is 6.54 Å². The third-order valence-corrected chi connectivity index (χ3v) is 2.71. The molecule has 4 nitrogen and oxygen atoms in total. The van der Waals surface area contributed by atoms with E-state index in [1.165, 1.54) is 24.5 Å². The SMILES string of the molecule is CCCn1cnc(-c2ccccc2OC(F)(F)F)c1N. The monoisotopic (exact) mass is 285 g/mol. The van der Waals surface area contributed by atoms with Gasteiger partial charge in [0, 0.05) is 12.1 Å². The van der Waals surface area contributed by atoms with Crippen LogP contribution in [0.15, 0.2) is 30.6 Å². The molecule has 0 bridgehead atoms. The standard InChI is InChI=1S/C13H14F3N3O/c1-2-7-19-8-18-11(12(19)17)9-5-3-4-6-10(9)20-13(14,15)16/h3-6,8H,2,7,17H2,1H3. The summed E-state index contributed by atoms with van der Waals surface area (Å²) in [6, 6.07) is 5.80. The molecule has 0 atom stereocenters. The molecule has 2 aromatic rings. The Bertz CT molecular complexity index is 593. The molecule has 1 aromatic heterocycles. The van der Waals surface area contributed by atoms with E-state index in [9.17, 15) is 13.2 Å². The van der Waals surface area contributed by atoms with Crippen molar-refractivity contribution >= 4 is 5.82 Å². The highest BCUT2D eigenvalue weighted by atomic mass is 19.4. The van der Waals surface area contributed by atoms with Crippen LogP contribution in [0.1, 0.15) is 13.3 Å². The molecule has 0 aliphatic heterocycles. The summed E-state index contributed by atoms with van der Waals surface area (Å²) in [4.78, 5) is 4.09. The molecule has 0 aliphatic rings. The van der Waals surface area contributed by atoms with Crippen molar-refractivity contribution in [2.45, 2.75) is 26.3 Å². The maximum Gasteiger partial charge on any atom is 0.573 e. The Hall–Kier alpha value is -2.18. The number of aromatic nitrogens is 2. The van der Waals surface area contributed by atoms with Crippen molar-refractivity contribution in [2.75, 3.05) is 5.73 Å². The van der Waals surface area contributed by atoms with E-state index in [0.29, 0.717) is 18.1 Å². The second-order valence-electron chi connectivity index (χ2n) is 4.22. The fourth-order valence-corrected chi connectivity index (χ4v) is 1.89. The minimum absolute atomic E-state index is 0.220. The maximum absolute atomic E-state index is 12.4. The molecule has 1 heterocycles. The zero-order valence-electron chi connectivity index (χ0n) is 10.8. The molecule has 0 radical (unpaired) electrons. The molecule has 2 N–H and O–H groups in total. The number of nitrogen functional groups attached to an aromatic ring is 1. The summed E-state index contributed by atoms with van der Waals surface area (Å²) in [6.45, 7) is 2.63. The van der Waals surface area contributed by atoms with E-state index >= 15 is 0 Å². The van der Waals surface area contributed by atoms with E-state index < -0.39 is 6.36 Å². The van der Waals surface area contributed by atoms with Gasteiger partial charge < -0.3 is 15.0 Å². The third-order valence-electron chi connectivity index (χ3n) is 2.71. The average molecular weight is 285 g/mol. The Balaban J connectivity index is 2.42. The molecule has 0 fully saturated rings. The molecule has 108 valence electrons. The Kier molecular flexibility index (Phi) is 3.87. The molecule has 0 aliphatic carbocycles. The van der Waals surface area contributed by atoms with Crippen molar-refractivity contribution in [3.05, 3.63) is 30.6 Å². The number of anilines is 1. The Morgan fingerprint density at radius 3 is 2.65 bits per heavy atom. The summed E-state index contributed by atoms with van der Waals surface area (Å²) < 4.78 is 42.9. The number of rotatable bonds is 4. The summed E-state index contributed by atoms with van der Waals surface area (Å²) in [5.41, 5.74) is 6.43. The first-order valence-electron chi connectivity index (χ1n) is 6.08. The Morgan fingerprint density at radius 2 is 2.00 bits per heavy atom. The van der Waals surface area contributed by atoms with E-state index in [-0.39, 0.29) is 11.3 Å². The van der Waals surface area contributed by atoms with Gasteiger partial charge in [0.2, 0.25) is 0 Å². The van der Waals surface area contributed by atoms with Crippen LogP contribution in [-0.4, -0.2) is 15.9 Å². The van der Waals surface area contributed by atoms with E-state index in [1.807, 2.05) is 6.92 Å². The lowest BCUT2D eigenvalue weighted by molar-refractivity contribution is -0.274. The molecule has 0 spiro atoms. The molecular formula is C13H14F3N3O. The minimum Gasteiger partial charge on any atom is -0.405 e. The van der Waals surface area contributed by atoms with Gasteiger partial charge in [-0.1, -0.05) is 19.1 Å². The summed E-state index contributed by atoms with van der Waals surface area (Å²) in [5.74, 6) is 0.0125. The lowest BCUT2D eigenvalue weighted by Gasteiger charge is -2.12. The van der Waals surface area contributed by atoms with Crippen LogP contribution in [0.2, 0.25) is 0 Å². The number of aryl methyl sites for hydroxylation is 1. The number of halogens is 3. The van der Waals surface area contributed by atoms with Crippen LogP contribution >= 0.6 is 0 Å². The van der Waals surface area contributed by atoms with Gasteiger partial charge in [-0.25, -0.2) is 4.98 Å². The lowest BCUT2D eigenvalue weighted by Crippen LogP contribution is -2.17. The fraction of sp³-hybridized carbons (Fsp3) is 0.308. The normalized spacial score (nSPS) is 11.6. The van der Waals surface area contributed by atoms with E-state index in [2.05, 4.69) is 9.72 Å². The van der Waals surface area contributed by atoms with Crippen molar-refractivity contribution in [3.63, 3.8) is 0 Å². The highest BCUT2D eigenvalue weighted by molar-refractivity contribution is 5.75. The van der Waals surface area contributed by atoms with Gasteiger partial charge in [-0.15, -0.1) is 13.2 Å². The quantitative estimate of drug-likeness (QED) is 0.936. The van der Waals surface area contributed by atoms with Gasteiger partial charge >= 0.3 is 6.36 Å². The van der Waals surface area contributed by atoms with Crippen molar-refractivity contribution in [1.82, 2.24) is 9.55 Å². The average Bonchev–Trinajstić information content (AvgIpc) is 2.71. The van der Waals surface area contributed by atoms with Crippen LogP contribution in [0.4, 0.5) is 19.0 Å². The number of nitrogens with zero attached hydrogens (tertiary/aromatic N) is 2. The summed E-state index contributed by atoms with van der Waals surface area (Å²) >= 11 is 0. The fourth-order valence-electron chi connectivity index (χ4n) is 1.89. The second kappa shape index (κ2) is 5.44. The van der Waals surface area contributed by atoms with Crippen molar-refractivity contribution in [1.29, 1.82) is 0 Å². The van der Waals surface area contributed by atoms with Crippen LogP contribution < -0.4 is 10.5 Å². The first-order chi connectivity index (χ1) is 9.42. The van der Waals surface area contributed by atoms with Gasteiger partial charge in [0.25, 0.3) is 0 Å². The highest BCUT2D eigenvalue weighted by Gasteiger charge is 2.32. The van der Waals surface area contributed by atoms with Crippen LogP contribution in [0.3, 0.4) is 0 Å². The van der Waals surface area contributed by atoms with Gasteiger partial charge in [-0.05, 0) is 18.6 Å². The number of ether oxygens (including phenoxy) is 1. The largest absolute Gasteiger partial charge is 0.573 e. The first kappa shape index (κ1) is 14.2. The van der Waals surface area contributed by atoms with Crippen LogP contribution in [0.25, 0.3) is 11.3 Å². The molecule has 0 unspecified atom stereocenters. The molecule has 2 rings (SSSR count). The number of benzene rings is 1. The predicted molar refractivity (Wildman–Crippen MR) is 69.0 cm³/mol. The van der Waals surface area contributed by atoms with E-state index in [0.717, 1.165) is 6.42 Å². The number of hydrogen-bond donors (Lipinski definition) is 1. The zero-order valence-corrected chi connectivity index (χ0v) is 10.8. The second-order valence-corrected chi connectivity index (χ2v) is 4.22. The molecule has 20 heavy (non-hydrogen) atoms. The van der Waals surface area contributed by atoms with E-state index in [4.69, 9.17) is 5.73 Å². The number of imidazole rings is 1. The Morgan fingerprint density at radius 1 is 1.30 bits per heavy atom. The zero-order chi connectivity index (χ0) is 14.8. The van der Waals surface area contributed by atoms with Crippen LogP contribution in [0.5, 0.6) is 5.75 Å². The number of alkyl halides is 3. The molecule has 7 heteroatoms. The molecule has 0 saturated carbocycles. The molecule has 0 saturated heterocycles. The Labute approximate surface area is 114 Å². The molecule has 0 amide bonds. The van der Waals surface area contributed by atoms with Crippen LogP contribution in [0, 0.1) is 0 Å². The number of nitrogens with two attached hydrogens (primary N) is 1. The van der Waals surface area contributed by atoms with Gasteiger partial charge in [0.05, 0.1) is 6.33 Å². The van der Waals surface area contributed by atoms with Gasteiger partial charge in [-0.3, -0.25) is 0 Å². The minimum atomic E-state index is -4.75.